The molecule has 1 aliphatic carbocycles. The molecule has 13 heteroatoms. The molecule has 3 amide bonds. The Morgan fingerprint density at radius 2 is 1.86 bits per heavy atom. The van der Waals surface area contributed by atoms with Crippen molar-refractivity contribution in [2.75, 3.05) is 17.7 Å². The zero-order valence-electron chi connectivity index (χ0n) is 18.6. The number of thioether (sulfide) groups is 1. The molecule has 4 rings (SSSR count). The standard InChI is InChI=1S/C23H19F4N5O3S/c1-35-22(34)32-20-29-17-9-7-15(11-19(17)30-20)36-14-5-3-13(4-6-14)28-21(33)31-18-10-12(23(25,26)27)2-8-16(18)24/h2-8,10-11,17H,9H2,1H3,(H2,28,31,33)(H2,29,30,32,34). The molecule has 0 radical (unpaired) electrons. The molecule has 0 fully saturated rings. The molecule has 36 heavy (non-hydrogen) atoms. The van der Waals surface area contributed by atoms with Gasteiger partial charge in [-0.05, 0) is 55.0 Å². The zero-order valence-corrected chi connectivity index (χ0v) is 19.4. The van der Waals surface area contributed by atoms with Gasteiger partial charge in [-0.2, -0.15) is 13.2 Å². The van der Waals surface area contributed by atoms with Gasteiger partial charge in [0.05, 0.1) is 24.4 Å². The van der Waals surface area contributed by atoms with Crippen LogP contribution in [-0.2, 0) is 10.9 Å². The Hall–Kier alpha value is -4.00. The predicted octanol–water partition coefficient (Wildman–Crippen LogP) is 5.44. The lowest BCUT2D eigenvalue weighted by atomic mass is 10.1. The van der Waals surface area contributed by atoms with E-state index in [-0.39, 0.29) is 6.04 Å². The molecule has 8 nitrogen and oxygen atoms in total. The summed E-state index contributed by atoms with van der Waals surface area (Å²) in [4.78, 5) is 29.7. The normalized spacial score (nSPS) is 16.6. The molecule has 0 saturated heterocycles. The third kappa shape index (κ3) is 6.16. The van der Waals surface area contributed by atoms with Crippen molar-refractivity contribution in [2.24, 2.45) is 4.99 Å². The molecule has 0 aromatic heterocycles. The summed E-state index contributed by atoms with van der Waals surface area (Å²) < 4.78 is 56.9. The van der Waals surface area contributed by atoms with Gasteiger partial charge in [-0.15, -0.1) is 0 Å². The third-order valence-electron chi connectivity index (χ3n) is 5.04. The number of guanidine groups is 1. The number of halogens is 4. The number of amides is 3. The molecule has 188 valence electrons. The number of hydrogen-bond acceptors (Lipinski definition) is 6. The van der Waals surface area contributed by atoms with Crippen molar-refractivity contribution in [2.45, 2.75) is 23.5 Å². The first-order valence-corrected chi connectivity index (χ1v) is 11.3. The number of ether oxygens (including phenoxy) is 1. The number of anilines is 2. The highest BCUT2D eigenvalue weighted by atomic mass is 32.2. The lowest BCUT2D eigenvalue weighted by Gasteiger charge is -2.15. The van der Waals surface area contributed by atoms with E-state index in [4.69, 9.17) is 0 Å². The minimum absolute atomic E-state index is 0.117. The number of nitrogens with one attached hydrogen (secondary N) is 4. The molecule has 2 aromatic carbocycles. The number of carbonyl (C=O) groups is 2. The summed E-state index contributed by atoms with van der Waals surface area (Å²) >= 11 is 1.47. The Bertz CT molecular complexity index is 1280. The van der Waals surface area contributed by atoms with E-state index in [0.29, 0.717) is 36.3 Å². The van der Waals surface area contributed by atoms with Crippen LogP contribution in [0.2, 0.25) is 0 Å². The summed E-state index contributed by atoms with van der Waals surface area (Å²) in [6.07, 6.45) is -0.724. The summed E-state index contributed by atoms with van der Waals surface area (Å²) in [6, 6.07) is 7.49. The van der Waals surface area contributed by atoms with Crippen molar-refractivity contribution in [1.82, 2.24) is 10.6 Å². The largest absolute Gasteiger partial charge is 0.453 e. The van der Waals surface area contributed by atoms with E-state index in [1.807, 2.05) is 12.2 Å². The van der Waals surface area contributed by atoms with Crippen molar-refractivity contribution in [1.29, 1.82) is 0 Å². The lowest BCUT2D eigenvalue weighted by Crippen LogP contribution is -2.37. The number of fused-ring (bicyclic) bond motifs is 1. The fraction of sp³-hybridized carbons (Fsp3) is 0.174. The van der Waals surface area contributed by atoms with Crippen LogP contribution in [0.5, 0.6) is 0 Å². The van der Waals surface area contributed by atoms with Gasteiger partial charge in [-0.25, -0.2) is 19.0 Å². The topological polar surface area (TPSA) is 104 Å². The highest BCUT2D eigenvalue weighted by Gasteiger charge is 2.31. The molecule has 0 saturated carbocycles. The summed E-state index contributed by atoms with van der Waals surface area (Å²) in [5.74, 6) is -0.672. The van der Waals surface area contributed by atoms with E-state index in [1.165, 1.54) is 18.9 Å². The smallest absolute Gasteiger partial charge is 0.416 e. The van der Waals surface area contributed by atoms with E-state index in [9.17, 15) is 27.2 Å². The highest BCUT2D eigenvalue weighted by molar-refractivity contribution is 8.03. The number of alkyl carbamates (subject to hydrolysis) is 1. The molecule has 4 N–H and O–H groups in total. The first kappa shape index (κ1) is 25.1. The Balaban J connectivity index is 1.33. The fourth-order valence-corrected chi connectivity index (χ4v) is 4.25. The quantitative estimate of drug-likeness (QED) is 0.402. The Morgan fingerprint density at radius 1 is 1.11 bits per heavy atom. The second kappa shape index (κ2) is 10.3. The minimum atomic E-state index is -4.66. The van der Waals surface area contributed by atoms with Gasteiger partial charge < -0.3 is 20.7 Å². The van der Waals surface area contributed by atoms with Crippen LogP contribution in [0.25, 0.3) is 0 Å². The van der Waals surface area contributed by atoms with Gasteiger partial charge in [0, 0.05) is 21.2 Å². The maximum Gasteiger partial charge on any atom is 0.416 e. The number of aliphatic imine (C=N–C) groups is 1. The summed E-state index contributed by atoms with van der Waals surface area (Å²) in [6.45, 7) is 0. The molecule has 1 atom stereocenters. The molecule has 1 heterocycles. The van der Waals surface area contributed by atoms with E-state index >= 15 is 0 Å². The van der Waals surface area contributed by atoms with E-state index in [2.05, 4.69) is 31.0 Å². The molecule has 1 unspecified atom stereocenters. The van der Waals surface area contributed by atoms with Gasteiger partial charge >= 0.3 is 18.3 Å². The predicted molar refractivity (Wildman–Crippen MR) is 127 cm³/mol. The van der Waals surface area contributed by atoms with Gasteiger partial charge in [0.2, 0.25) is 5.96 Å². The second-order valence-corrected chi connectivity index (χ2v) is 8.72. The van der Waals surface area contributed by atoms with Crippen molar-refractivity contribution >= 4 is 41.2 Å². The number of nitrogens with zero attached hydrogens (tertiary/aromatic N) is 1. The highest BCUT2D eigenvalue weighted by Crippen LogP contribution is 2.34. The minimum Gasteiger partial charge on any atom is -0.453 e. The van der Waals surface area contributed by atoms with Crippen LogP contribution in [0.3, 0.4) is 0 Å². The number of urea groups is 1. The fourth-order valence-electron chi connectivity index (χ4n) is 3.34. The Labute approximate surface area is 206 Å². The summed E-state index contributed by atoms with van der Waals surface area (Å²) in [5.41, 5.74) is -0.457. The van der Waals surface area contributed by atoms with Crippen LogP contribution in [0.1, 0.15) is 12.0 Å². The van der Waals surface area contributed by atoms with Gasteiger partial charge in [0.1, 0.15) is 5.82 Å². The average Bonchev–Trinajstić information content (AvgIpc) is 3.22. The first-order chi connectivity index (χ1) is 17.1. The van der Waals surface area contributed by atoms with Crippen LogP contribution in [0, 0.1) is 5.82 Å². The number of alkyl halides is 3. The van der Waals surface area contributed by atoms with Crippen LogP contribution in [0.15, 0.2) is 75.1 Å². The number of allylic oxidation sites excluding steroid dienone is 1. The second-order valence-electron chi connectivity index (χ2n) is 7.57. The van der Waals surface area contributed by atoms with Crippen LogP contribution < -0.4 is 21.3 Å². The van der Waals surface area contributed by atoms with Gasteiger partial charge in [-0.1, -0.05) is 17.8 Å². The van der Waals surface area contributed by atoms with Crippen molar-refractivity contribution in [3.63, 3.8) is 0 Å². The van der Waals surface area contributed by atoms with E-state index in [1.54, 1.807) is 24.3 Å². The maximum absolute atomic E-state index is 13.8. The van der Waals surface area contributed by atoms with Crippen molar-refractivity contribution < 1.29 is 31.9 Å². The first-order valence-electron chi connectivity index (χ1n) is 10.4. The molecule has 2 aromatic rings. The Kier molecular flexibility index (Phi) is 7.20. The zero-order chi connectivity index (χ0) is 25.9. The third-order valence-corrected chi connectivity index (χ3v) is 6.07. The Morgan fingerprint density at radius 3 is 2.56 bits per heavy atom. The van der Waals surface area contributed by atoms with Gasteiger partial charge in [0.25, 0.3) is 0 Å². The summed E-state index contributed by atoms with van der Waals surface area (Å²) in [5, 5.41) is 10.1. The summed E-state index contributed by atoms with van der Waals surface area (Å²) in [7, 11) is 1.26. The van der Waals surface area contributed by atoms with E-state index < -0.39 is 35.4 Å². The molecule has 0 bridgehead atoms. The molecule has 2 aliphatic rings. The molecule has 0 spiro atoms. The van der Waals surface area contributed by atoms with E-state index in [0.717, 1.165) is 15.5 Å². The lowest BCUT2D eigenvalue weighted by molar-refractivity contribution is -0.137. The molecule has 1 aliphatic heterocycles. The molecular formula is C23H19F4N5O3S. The van der Waals surface area contributed by atoms with Crippen molar-refractivity contribution in [3.05, 3.63) is 76.6 Å². The number of benzene rings is 2. The van der Waals surface area contributed by atoms with Crippen LogP contribution in [0.4, 0.5) is 38.5 Å². The number of hydrogen-bond donors (Lipinski definition) is 4. The molecular weight excluding hydrogens is 502 g/mol. The van der Waals surface area contributed by atoms with Crippen LogP contribution >= 0.6 is 11.8 Å². The SMILES string of the molecule is COC(=O)NC1=NC2CC=C(Sc3ccc(NC(=O)Nc4cc(C(F)(F)F)ccc4F)cc3)C=C2N1. The average molecular weight is 521 g/mol. The van der Waals surface area contributed by atoms with Crippen LogP contribution in [-0.4, -0.2) is 31.2 Å². The van der Waals surface area contributed by atoms with Gasteiger partial charge in [0.15, 0.2) is 0 Å². The number of carbonyl (C=O) groups excluding carboxylic acids is 2. The maximum atomic E-state index is 13.8. The van der Waals surface area contributed by atoms with Gasteiger partial charge in [-0.3, -0.25) is 5.32 Å². The van der Waals surface area contributed by atoms with Crippen molar-refractivity contribution in [3.8, 4) is 0 Å². The number of methoxy groups -OCH3 is 1. The monoisotopic (exact) mass is 521 g/mol. The number of rotatable bonds is 4.